The van der Waals surface area contributed by atoms with Gasteiger partial charge in [0.2, 0.25) is 0 Å². The lowest BCUT2D eigenvalue weighted by Crippen LogP contribution is -2.40. The molecule has 1 unspecified atom stereocenters. The monoisotopic (exact) mass is 388 g/mol. The van der Waals surface area contributed by atoms with Crippen molar-refractivity contribution in [3.8, 4) is 5.75 Å². The Hall–Kier alpha value is -1.79. The summed E-state index contributed by atoms with van der Waals surface area (Å²) in [6.45, 7) is 7.63. The molecule has 1 aliphatic carbocycles. The molecule has 0 amide bonds. The molecule has 156 valence electrons. The second-order valence-electron chi connectivity index (χ2n) is 7.99. The number of aliphatic imine (C=N–C) groups is 1. The molecule has 6 heteroatoms. The molecule has 2 aliphatic rings. The molecule has 0 radical (unpaired) electrons. The maximum Gasteiger partial charge on any atom is 0.191 e. The minimum Gasteiger partial charge on any atom is -0.493 e. The molecule has 1 aromatic carbocycles. The standard InChI is InChI=1S/C22H36N4O2/c1-17-5-6-19(21(13-17)28-12-4-11-27-3)15-25-22(23-2)24-14-18-9-10-26(16-18)20-7-8-20/h5-6,13,18,20H,4,7-12,14-16H2,1-3H3,(H2,23,24,25). The summed E-state index contributed by atoms with van der Waals surface area (Å²) in [5.74, 6) is 2.52. The van der Waals surface area contributed by atoms with E-state index in [4.69, 9.17) is 9.47 Å². The molecule has 1 saturated carbocycles. The molecule has 2 fully saturated rings. The van der Waals surface area contributed by atoms with Crippen molar-refractivity contribution in [2.45, 2.75) is 45.2 Å². The number of ether oxygens (including phenoxy) is 2. The predicted octanol–water partition coefficient (Wildman–Crippen LogP) is 2.56. The Morgan fingerprint density at radius 1 is 1.21 bits per heavy atom. The number of guanidine groups is 1. The third-order valence-corrected chi connectivity index (χ3v) is 5.58. The van der Waals surface area contributed by atoms with E-state index >= 15 is 0 Å². The van der Waals surface area contributed by atoms with E-state index in [1.165, 1.54) is 37.9 Å². The third kappa shape index (κ3) is 6.38. The summed E-state index contributed by atoms with van der Waals surface area (Å²) >= 11 is 0. The number of methoxy groups -OCH3 is 1. The van der Waals surface area contributed by atoms with E-state index in [0.717, 1.165) is 48.8 Å². The van der Waals surface area contributed by atoms with Crippen molar-refractivity contribution >= 4 is 5.96 Å². The van der Waals surface area contributed by atoms with Crippen molar-refractivity contribution in [2.75, 3.05) is 47.0 Å². The third-order valence-electron chi connectivity index (χ3n) is 5.58. The van der Waals surface area contributed by atoms with Crippen LogP contribution >= 0.6 is 0 Å². The topological polar surface area (TPSA) is 58.1 Å². The second-order valence-corrected chi connectivity index (χ2v) is 7.99. The summed E-state index contributed by atoms with van der Waals surface area (Å²) < 4.78 is 11.1. The minimum atomic E-state index is 0.663. The van der Waals surface area contributed by atoms with Crippen molar-refractivity contribution in [3.63, 3.8) is 0 Å². The Balaban J connectivity index is 1.45. The number of hydrogen-bond donors (Lipinski definition) is 2. The summed E-state index contributed by atoms with van der Waals surface area (Å²) in [7, 11) is 3.55. The van der Waals surface area contributed by atoms with Crippen LogP contribution in [-0.4, -0.2) is 63.9 Å². The molecule has 28 heavy (non-hydrogen) atoms. The van der Waals surface area contributed by atoms with E-state index in [2.05, 4.69) is 45.6 Å². The molecule has 1 aromatic rings. The molecule has 6 nitrogen and oxygen atoms in total. The minimum absolute atomic E-state index is 0.663. The maximum absolute atomic E-state index is 5.98. The van der Waals surface area contributed by atoms with E-state index in [1.54, 1.807) is 7.11 Å². The summed E-state index contributed by atoms with van der Waals surface area (Å²) in [4.78, 5) is 7.04. The zero-order valence-corrected chi connectivity index (χ0v) is 17.7. The van der Waals surface area contributed by atoms with Gasteiger partial charge in [-0.3, -0.25) is 4.99 Å². The van der Waals surface area contributed by atoms with E-state index in [0.29, 0.717) is 13.2 Å². The summed E-state index contributed by atoms with van der Waals surface area (Å²) in [6, 6.07) is 7.24. The molecule has 1 aliphatic heterocycles. The number of aryl methyl sites for hydroxylation is 1. The average molecular weight is 389 g/mol. The molecule has 3 rings (SSSR count). The van der Waals surface area contributed by atoms with Gasteiger partial charge in [0.05, 0.1) is 6.61 Å². The Labute approximate surface area is 169 Å². The first-order chi connectivity index (χ1) is 13.7. The Morgan fingerprint density at radius 3 is 2.82 bits per heavy atom. The molecule has 0 spiro atoms. The fraction of sp³-hybridized carbons (Fsp3) is 0.682. The van der Waals surface area contributed by atoms with Crippen molar-refractivity contribution in [1.29, 1.82) is 0 Å². The first kappa shape index (κ1) is 20.9. The van der Waals surface area contributed by atoms with E-state index < -0.39 is 0 Å². The number of benzene rings is 1. The van der Waals surface area contributed by atoms with Crippen LogP contribution in [-0.2, 0) is 11.3 Å². The highest BCUT2D eigenvalue weighted by Crippen LogP contribution is 2.31. The quantitative estimate of drug-likeness (QED) is 0.367. The molecule has 1 saturated heterocycles. The van der Waals surface area contributed by atoms with Gasteiger partial charge in [-0.2, -0.15) is 0 Å². The average Bonchev–Trinajstić information content (AvgIpc) is 3.45. The summed E-state index contributed by atoms with van der Waals surface area (Å²) in [6.07, 6.45) is 4.98. The van der Waals surface area contributed by atoms with Gasteiger partial charge in [-0.1, -0.05) is 12.1 Å². The highest BCUT2D eigenvalue weighted by Gasteiger charge is 2.34. The van der Waals surface area contributed by atoms with Gasteiger partial charge >= 0.3 is 0 Å². The molecule has 1 atom stereocenters. The number of hydrogen-bond acceptors (Lipinski definition) is 4. The maximum atomic E-state index is 5.98. The number of rotatable bonds is 10. The van der Waals surface area contributed by atoms with Crippen LogP contribution in [0, 0.1) is 12.8 Å². The number of likely N-dealkylation sites (tertiary alicyclic amines) is 1. The molecule has 2 N–H and O–H groups in total. The van der Waals surface area contributed by atoms with Crippen LogP contribution in [0.25, 0.3) is 0 Å². The molecule has 0 bridgehead atoms. The molecular weight excluding hydrogens is 352 g/mol. The summed E-state index contributed by atoms with van der Waals surface area (Å²) in [5, 5.41) is 6.95. The lowest BCUT2D eigenvalue weighted by atomic mass is 10.1. The fourth-order valence-corrected chi connectivity index (χ4v) is 3.77. The largest absolute Gasteiger partial charge is 0.493 e. The van der Waals surface area contributed by atoms with Crippen LogP contribution in [0.3, 0.4) is 0 Å². The van der Waals surface area contributed by atoms with Crippen LogP contribution in [0.2, 0.25) is 0 Å². The molecule has 0 aromatic heterocycles. The van der Waals surface area contributed by atoms with Crippen molar-refractivity contribution in [1.82, 2.24) is 15.5 Å². The zero-order chi connectivity index (χ0) is 19.8. The van der Waals surface area contributed by atoms with Gasteiger partial charge in [0, 0.05) is 58.4 Å². The van der Waals surface area contributed by atoms with E-state index in [9.17, 15) is 0 Å². The summed E-state index contributed by atoms with van der Waals surface area (Å²) in [5.41, 5.74) is 2.35. The van der Waals surface area contributed by atoms with Gasteiger partial charge in [0.1, 0.15) is 5.75 Å². The second kappa shape index (κ2) is 10.7. The van der Waals surface area contributed by atoms with E-state index in [1.807, 2.05) is 7.05 Å². The van der Waals surface area contributed by atoms with Gasteiger partial charge in [-0.15, -0.1) is 0 Å². The Bertz CT molecular complexity index is 645. The van der Waals surface area contributed by atoms with Gasteiger partial charge in [-0.05, 0) is 50.3 Å². The first-order valence-electron chi connectivity index (χ1n) is 10.6. The van der Waals surface area contributed by atoms with Crippen LogP contribution < -0.4 is 15.4 Å². The highest BCUT2D eigenvalue weighted by atomic mass is 16.5. The normalized spacial score (nSPS) is 20.4. The van der Waals surface area contributed by atoms with Gasteiger partial charge < -0.3 is 25.0 Å². The smallest absolute Gasteiger partial charge is 0.191 e. The SMILES string of the molecule is CN=C(NCc1ccc(C)cc1OCCCOC)NCC1CCN(C2CC2)C1. The lowest BCUT2D eigenvalue weighted by Gasteiger charge is -2.18. The van der Waals surface area contributed by atoms with Gasteiger partial charge in [0.25, 0.3) is 0 Å². The zero-order valence-electron chi connectivity index (χ0n) is 17.7. The molecule has 1 heterocycles. The highest BCUT2D eigenvalue weighted by molar-refractivity contribution is 5.79. The predicted molar refractivity (Wildman–Crippen MR) is 114 cm³/mol. The molecular formula is C22H36N4O2. The Morgan fingerprint density at radius 2 is 2.07 bits per heavy atom. The van der Waals surface area contributed by atoms with E-state index in [-0.39, 0.29) is 0 Å². The fourth-order valence-electron chi connectivity index (χ4n) is 3.77. The van der Waals surface area contributed by atoms with Crippen molar-refractivity contribution in [3.05, 3.63) is 29.3 Å². The van der Waals surface area contributed by atoms with Gasteiger partial charge in [-0.25, -0.2) is 0 Å². The number of nitrogens with one attached hydrogen (secondary N) is 2. The van der Waals surface area contributed by atoms with Crippen LogP contribution in [0.4, 0.5) is 0 Å². The van der Waals surface area contributed by atoms with Crippen molar-refractivity contribution in [2.24, 2.45) is 10.9 Å². The van der Waals surface area contributed by atoms with Crippen LogP contribution in [0.15, 0.2) is 23.2 Å². The number of nitrogens with zero attached hydrogens (tertiary/aromatic N) is 2. The van der Waals surface area contributed by atoms with Gasteiger partial charge in [0.15, 0.2) is 5.96 Å². The lowest BCUT2D eigenvalue weighted by molar-refractivity contribution is 0.171. The van der Waals surface area contributed by atoms with Crippen LogP contribution in [0.1, 0.15) is 36.8 Å². The van der Waals surface area contributed by atoms with Crippen LogP contribution in [0.5, 0.6) is 5.75 Å². The first-order valence-corrected chi connectivity index (χ1v) is 10.6. The van der Waals surface area contributed by atoms with Crippen molar-refractivity contribution < 1.29 is 9.47 Å². The Kier molecular flexibility index (Phi) is 7.98.